The van der Waals surface area contributed by atoms with Crippen molar-refractivity contribution in [3.8, 4) is 5.75 Å². The van der Waals surface area contributed by atoms with E-state index in [0.717, 1.165) is 5.56 Å². The second kappa shape index (κ2) is 9.70. The molecule has 0 aromatic heterocycles. The molecule has 2 aromatic carbocycles. The Bertz CT molecular complexity index is 875. The molecule has 4 nitrogen and oxygen atoms in total. The normalized spacial score (nSPS) is 17.5. The molecule has 0 aliphatic carbocycles. The second-order valence-electron chi connectivity index (χ2n) is 6.71. The maximum absolute atomic E-state index is 13.7. The summed E-state index contributed by atoms with van der Waals surface area (Å²) in [6.07, 6.45) is -4.83. The van der Waals surface area contributed by atoms with Crippen LogP contribution in [-0.2, 0) is 16.0 Å². The van der Waals surface area contributed by atoms with Gasteiger partial charge in [0.1, 0.15) is 17.6 Å². The van der Waals surface area contributed by atoms with Crippen molar-refractivity contribution in [2.24, 2.45) is 0 Å². The third kappa shape index (κ3) is 5.66. The number of hydrogen-bond acceptors (Lipinski definition) is 5. The molecule has 0 radical (unpaired) electrons. The van der Waals surface area contributed by atoms with Crippen molar-refractivity contribution in [2.75, 3.05) is 13.7 Å². The summed E-state index contributed by atoms with van der Waals surface area (Å²) >= 11 is 5.69. The fourth-order valence-corrected chi connectivity index (χ4v) is 4.40. The van der Waals surface area contributed by atoms with Crippen molar-refractivity contribution in [3.05, 3.63) is 60.2 Å². The van der Waals surface area contributed by atoms with Gasteiger partial charge in [0.05, 0.1) is 13.2 Å². The molecule has 160 valence electrons. The minimum absolute atomic E-state index is 0.0729. The molecule has 2 atom stereocenters. The van der Waals surface area contributed by atoms with Crippen LogP contribution >= 0.6 is 24.0 Å². The summed E-state index contributed by atoms with van der Waals surface area (Å²) in [5.41, 5.74) is 0.952. The van der Waals surface area contributed by atoms with Crippen molar-refractivity contribution < 1.29 is 27.4 Å². The summed E-state index contributed by atoms with van der Waals surface area (Å²) < 4.78 is 51.3. The van der Waals surface area contributed by atoms with E-state index in [4.69, 9.17) is 21.7 Å². The minimum Gasteiger partial charge on any atom is -0.497 e. The van der Waals surface area contributed by atoms with Gasteiger partial charge >= 0.3 is 6.18 Å². The number of rotatable bonds is 7. The predicted octanol–water partition coefficient (Wildman–Crippen LogP) is 4.86. The van der Waals surface area contributed by atoms with Gasteiger partial charge in [0.25, 0.3) is 5.17 Å². The topological polar surface area (TPSA) is 38.8 Å². The van der Waals surface area contributed by atoms with Crippen LogP contribution in [0.4, 0.5) is 13.2 Å². The van der Waals surface area contributed by atoms with E-state index in [9.17, 15) is 18.0 Å². The number of methoxy groups -OCH3 is 1. The molecule has 0 saturated carbocycles. The van der Waals surface area contributed by atoms with Crippen LogP contribution in [0.1, 0.15) is 12.0 Å². The van der Waals surface area contributed by atoms with Crippen molar-refractivity contribution in [1.29, 1.82) is 0 Å². The van der Waals surface area contributed by atoms with Gasteiger partial charge in [-0.3, -0.25) is 9.69 Å². The lowest BCUT2D eigenvalue weighted by Crippen LogP contribution is -2.43. The zero-order chi connectivity index (χ0) is 21.7. The smallest absolute Gasteiger partial charge is 0.401 e. The van der Waals surface area contributed by atoms with Gasteiger partial charge in [-0.05, 0) is 48.5 Å². The Labute approximate surface area is 182 Å². The summed E-state index contributed by atoms with van der Waals surface area (Å²) in [5, 5.41) is -1.98. The molecule has 0 bridgehead atoms. The van der Waals surface area contributed by atoms with Crippen LogP contribution in [0.2, 0.25) is 0 Å². The van der Waals surface area contributed by atoms with Gasteiger partial charge < -0.3 is 9.47 Å². The molecule has 1 aliphatic heterocycles. The molecular formula is C21H20F3NO3S2. The zero-order valence-corrected chi connectivity index (χ0v) is 17.7. The van der Waals surface area contributed by atoms with E-state index in [0.29, 0.717) is 28.8 Å². The summed E-state index contributed by atoms with van der Waals surface area (Å²) in [5.74, 6) is -0.149. The largest absolute Gasteiger partial charge is 0.497 e. The average molecular weight is 456 g/mol. The number of carbonyl (C=O) groups is 1. The number of hydrogen-bond donors (Lipinski definition) is 0. The molecule has 9 heteroatoms. The van der Waals surface area contributed by atoms with Crippen LogP contribution in [0, 0.1) is 0 Å². The van der Waals surface area contributed by atoms with Crippen molar-refractivity contribution in [2.45, 2.75) is 35.2 Å². The van der Waals surface area contributed by atoms with Crippen molar-refractivity contribution >= 4 is 35.1 Å². The van der Waals surface area contributed by atoms with Gasteiger partial charge in [0.2, 0.25) is 5.91 Å². The van der Waals surface area contributed by atoms with Crippen molar-refractivity contribution in [3.63, 3.8) is 0 Å². The fraction of sp³-hybridized carbons (Fsp3) is 0.333. The molecule has 0 N–H and O–H groups in total. The number of thioether (sulfide) groups is 1. The van der Waals surface area contributed by atoms with E-state index >= 15 is 0 Å². The molecule has 1 heterocycles. The van der Waals surface area contributed by atoms with E-state index in [1.54, 1.807) is 12.1 Å². The Hall–Kier alpha value is -2.26. The van der Waals surface area contributed by atoms with E-state index in [2.05, 4.69) is 0 Å². The van der Waals surface area contributed by atoms with E-state index in [-0.39, 0.29) is 11.8 Å². The summed E-state index contributed by atoms with van der Waals surface area (Å²) in [6.45, 7) is 0.168. The molecule has 0 unspecified atom stereocenters. The molecule has 30 heavy (non-hydrogen) atoms. The van der Waals surface area contributed by atoms with Gasteiger partial charge in [-0.15, -0.1) is 11.8 Å². The summed E-state index contributed by atoms with van der Waals surface area (Å²) in [6, 6.07) is 15.2. The Morgan fingerprint density at radius 1 is 1.23 bits per heavy atom. The number of benzene rings is 2. The highest BCUT2D eigenvalue weighted by atomic mass is 32.2. The first-order valence-corrected chi connectivity index (χ1v) is 10.5. The maximum Gasteiger partial charge on any atom is 0.401 e. The number of halogens is 3. The van der Waals surface area contributed by atoms with Gasteiger partial charge in [0, 0.05) is 11.3 Å². The molecule has 0 spiro atoms. The van der Waals surface area contributed by atoms with E-state index < -0.39 is 29.8 Å². The van der Waals surface area contributed by atoms with Crippen LogP contribution < -0.4 is 4.74 Å². The van der Waals surface area contributed by atoms with Crippen LogP contribution in [0.3, 0.4) is 0 Å². The standard InChI is InChI=1S/C21H20F3NO3S2/c1-27-16-7-9-17(10-8-16)30-18(21(22,23)24)12-19(26)25-15(13-28-20(25)29)11-14-5-3-2-4-6-14/h2-10,15,18H,11-13H2,1H3/t15-,18+/m0/s1. The second-order valence-corrected chi connectivity index (χ2v) is 8.34. The summed E-state index contributed by atoms with van der Waals surface area (Å²) in [7, 11) is 1.48. The average Bonchev–Trinajstić information content (AvgIpc) is 3.08. The predicted molar refractivity (Wildman–Crippen MR) is 113 cm³/mol. The lowest BCUT2D eigenvalue weighted by atomic mass is 10.1. The number of thiocarbonyl (C=S) groups is 1. The number of ether oxygens (including phenoxy) is 2. The molecule has 1 fully saturated rings. The Kier molecular flexibility index (Phi) is 7.25. The first kappa shape index (κ1) is 22.4. The fourth-order valence-electron chi connectivity index (χ4n) is 3.10. The lowest BCUT2D eigenvalue weighted by molar-refractivity contribution is -0.144. The van der Waals surface area contributed by atoms with Crippen LogP contribution in [0.15, 0.2) is 59.5 Å². The van der Waals surface area contributed by atoms with E-state index in [1.165, 1.54) is 24.1 Å². The maximum atomic E-state index is 13.7. The lowest BCUT2D eigenvalue weighted by Gasteiger charge is -2.25. The molecule has 1 amide bonds. The Morgan fingerprint density at radius 2 is 1.90 bits per heavy atom. The van der Waals surface area contributed by atoms with Gasteiger partial charge in [-0.2, -0.15) is 13.2 Å². The highest BCUT2D eigenvalue weighted by Gasteiger charge is 2.44. The zero-order valence-electron chi connectivity index (χ0n) is 16.1. The number of alkyl halides is 3. The van der Waals surface area contributed by atoms with Crippen molar-refractivity contribution in [1.82, 2.24) is 4.90 Å². The minimum atomic E-state index is -4.56. The molecular weight excluding hydrogens is 435 g/mol. The molecule has 2 aromatic rings. The SMILES string of the molecule is COc1ccc(S[C@H](CC(=O)N2C(=S)OC[C@@H]2Cc2ccccc2)C(F)(F)F)cc1. The van der Waals surface area contributed by atoms with Gasteiger partial charge in [0.15, 0.2) is 0 Å². The third-order valence-electron chi connectivity index (χ3n) is 4.61. The van der Waals surface area contributed by atoms with Gasteiger partial charge in [-0.1, -0.05) is 30.3 Å². The van der Waals surface area contributed by atoms with Crippen LogP contribution in [-0.4, -0.2) is 47.2 Å². The first-order valence-electron chi connectivity index (χ1n) is 9.18. The van der Waals surface area contributed by atoms with E-state index in [1.807, 2.05) is 30.3 Å². The quantitative estimate of drug-likeness (QED) is 0.440. The number of nitrogens with zero attached hydrogens (tertiary/aromatic N) is 1. The highest BCUT2D eigenvalue weighted by Crippen LogP contribution is 2.38. The third-order valence-corrected chi connectivity index (χ3v) is 6.18. The Balaban J connectivity index is 1.72. The molecule has 1 aliphatic rings. The van der Waals surface area contributed by atoms with Crippen LogP contribution in [0.25, 0.3) is 0 Å². The number of amides is 1. The van der Waals surface area contributed by atoms with Gasteiger partial charge in [-0.25, -0.2) is 0 Å². The summed E-state index contributed by atoms with van der Waals surface area (Å²) in [4.78, 5) is 14.4. The first-order chi connectivity index (χ1) is 14.3. The molecule has 3 rings (SSSR count). The Morgan fingerprint density at radius 3 is 2.50 bits per heavy atom. The molecule has 1 saturated heterocycles. The van der Waals surface area contributed by atoms with Crippen LogP contribution in [0.5, 0.6) is 5.75 Å². The monoisotopic (exact) mass is 455 g/mol. The number of carbonyl (C=O) groups excluding carboxylic acids is 1. The highest BCUT2D eigenvalue weighted by molar-refractivity contribution is 8.00.